The first-order valence-corrected chi connectivity index (χ1v) is 5.47. The highest BCUT2D eigenvalue weighted by Gasteiger charge is 2.01. The summed E-state index contributed by atoms with van der Waals surface area (Å²) in [5.74, 6) is 0.474. The summed E-state index contributed by atoms with van der Waals surface area (Å²) >= 11 is 0. The average molecular weight is 245 g/mol. The molecule has 0 unspecified atom stereocenters. The van der Waals surface area contributed by atoms with E-state index in [1.165, 1.54) is 0 Å². The number of carbonyl (C=O) groups excluding carboxylic acids is 1. The minimum Gasteiger partial charge on any atom is -0.479 e. The van der Waals surface area contributed by atoms with Gasteiger partial charge < -0.3 is 15.4 Å². The van der Waals surface area contributed by atoms with Crippen LogP contribution in [0.1, 0.15) is 0 Å². The van der Waals surface area contributed by atoms with Crippen LogP contribution in [0.5, 0.6) is 5.75 Å². The van der Waals surface area contributed by atoms with Gasteiger partial charge in [0.05, 0.1) is 6.54 Å². The van der Waals surface area contributed by atoms with Crippen molar-refractivity contribution in [2.75, 3.05) is 25.0 Å². The first-order valence-electron chi connectivity index (χ1n) is 5.47. The van der Waals surface area contributed by atoms with Gasteiger partial charge in [0, 0.05) is 12.2 Å². The average Bonchev–Trinajstić information content (AvgIpc) is 2.38. The molecule has 5 heteroatoms. The van der Waals surface area contributed by atoms with Crippen LogP contribution in [0.4, 0.5) is 5.69 Å². The van der Waals surface area contributed by atoms with Crippen molar-refractivity contribution in [1.29, 1.82) is 5.26 Å². The van der Waals surface area contributed by atoms with Crippen molar-refractivity contribution >= 4 is 11.6 Å². The van der Waals surface area contributed by atoms with Gasteiger partial charge in [0.2, 0.25) is 5.91 Å². The van der Waals surface area contributed by atoms with Crippen molar-refractivity contribution < 1.29 is 9.53 Å². The highest BCUT2D eigenvalue weighted by molar-refractivity contribution is 5.92. The lowest BCUT2D eigenvalue weighted by atomic mass is 10.3. The summed E-state index contributed by atoms with van der Waals surface area (Å²) in [6.45, 7) is 4.38. The first kappa shape index (κ1) is 13.7. The minimum absolute atomic E-state index is 0.0111. The van der Waals surface area contributed by atoms with E-state index in [2.05, 4.69) is 17.2 Å². The second-order valence-corrected chi connectivity index (χ2v) is 3.44. The molecular formula is C13H15N3O2. The van der Waals surface area contributed by atoms with Crippen molar-refractivity contribution in [3.63, 3.8) is 0 Å². The van der Waals surface area contributed by atoms with Crippen LogP contribution in [0.25, 0.3) is 0 Å². The number of hydrogen-bond acceptors (Lipinski definition) is 4. The Morgan fingerprint density at radius 3 is 2.78 bits per heavy atom. The van der Waals surface area contributed by atoms with Crippen molar-refractivity contribution in [1.82, 2.24) is 5.32 Å². The molecule has 1 aromatic carbocycles. The Morgan fingerprint density at radius 1 is 1.44 bits per heavy atom. The molecule has 1 amide bonds. The smallest absolute Gasteiger partial charge is 0.238 e. The molecule has 0 aliphatic carbocycles. The molecule has 94 valence electrons. The number of anilines is 1. The third-order valence-electron chi connectivity index (χ3n) is 2.02. The molecule has 0 saturated heterocycles. The maximum absolute atomic E-state index is 11.5. The Hall–Kier alpha value is -2.32. The molecule has 5 nitrogen and oxygen atoms in total. The zero-order valence-corrected chi connectivity index (χ0v) is 9.98. The van der Waals surface area contributed by atoms with E-state index in [-0.39, 0.29) is 19.1 Å². The zero-order chi connectivity index (χ0) is 13.2. The van der Waals surface area contributed by atoms with E-state index < -0.39 is 0 Å². The van der Waals surface area contributed by atoms with E-state index in [1.807, 2.05) is 6.07 Å². The highest BCUT2D eigenvalue weighted by Crippen LogP contribution is 2.15. The Bertz CT molecular complexity index is 435. The Morgan fingerprint density at radius 2 is 2.17 bits per heavy atom. The van der Waals surface area contributed by atoms with Crippen LogP contribution in [-0.2, 0) is 4.79 Å². The third-order valence-corrected chi connectivity index (χ3v) is 2.02. The van der Waals surface area contributed by atoms with Crippen LogP contribution in [-0.4, -0.2) is 25.6 Å². The van der Waals surface area contributed by atoms with Crippen molar-refractivity contribution in [3.05, 3.63) is 36.9 Å². The molecule has 0 radical (unpaired) electrons. The molecule has 0 aromatic heterocycles. The molecular weight excluding hydrogens is 230 g/mol. The molecule has 2 N–H and O–H groups in total. The maximum atomic E-state index is 11.5. The van der Waals surface area contributed by atoms with Crippen molar-refractivity contribution in [2.45, 2.75) is 0 Å². The van der Waals surface area contributed by atoms with Crippen LogP contribution in [0, 0.1) is 11.3 Å². The standard InChI is InChI=1S/C13H15N3O2/c1-2-8-15-10-13(17)16-11-3-5-12(6-4-11)18-9-7-14/h2-6,15H,1,8-10H2,(H,16,17). The summed E-state index contributed by atoms with van der Waals surface area (Å²) in [7, 11) is 0. The van der Waals surface area contributed by atoms with Gasteiger partial charge in [-0.25, -0.2) is 0 Å². The normalized spacial score (nSPS) is 9.28. The van der Waals surface area contributed by atoms with Crippen molar-refractivity contribution in [3.8, 4) is 11.8 Å². The van der Waals surface area contributed by atoms with E-state index in [4.69, 9.17) is 10.00 Å². The zero-order valence-electron chi connectivity index (χ0n) is 9.98. The molecule has 0 saturated carbocycles. The van der Waals surface area contributed by atoms with Gasteiger partial charge in [-0.1, -0.05) is 6.08 Å². The predicted octanol–water partition coefficient (Wildman–Crippen LogP) is 1.30. The summed E-state index contributed by atoms with van der Waals surface area (Å²) in [5.41, 5.74) is 0.685. The molecule has 0 aliphatic rings. The molecule has 0 heterocycles. The fraction of sp³-hybridized carbons (Fsp3) is 0.231. The molecule has 18 heavy (non-hydrogen) atoms. The lowest BCUT2D eigenvalue weighted by Gasteiger charge is -2.06. The summed E-state index contributed by atoms with van der Waals surface area (Å²) < 4.78 is 5.10. The van der Waals surface area contributed by atoms with E-state index in [0.717, 1.165) is 0 Å². The number of nitrogens with one attached hydrogen (secondary N) is 2. The van der Waals surface area contributed by atoms with Crippen molar-refractivity contribution in [2.24, 2.45) is 0 Å². The molecule has 1 rings (SSSR count). The monoisotopic (exact) mass is 245 g/mol. The van der Waals surface area contributed by atoms with Gasteiger partial charge in [0.25, 0.3) is 0 Å². The number of amides is 1. The Balaban J connectivity index is 2.40. The van der Waals surface area contributed by atoms with Gasteiger partial charge in [0.15, 0.2) is 6.61 Å². The van der Waals surface area contributed by atoms with Crippen LogP contribution >= 0.6 is 0 Å². The number of hydrogen-bond donors (Lipinski definition) is 2. The lowest BCUT2D eigenvalue weighted by molar-refractivity contribution is -0.115. The summed E-state index contributed by atoms with van der Waals surface area (Å²) in [6.07, 6.45) is 1.69. The number of nitrogens with zero attached hydrogens (tertiary/aromatic N) is 1. The summed E-state index contributed by atoms with van der Waals surface area (Å²) in [5, 5.41) is 14.0. The number of benzene rings is 1. The van der Waals surface area contributed by atoms with Gasteiger partial charge in [-0.15, -0.1) is 6.58 Å². The van der Waals surface area contributed by atoms with Gasteiger partial charge in [0.1, 0.15) is 11.8 Å². The van der Waals surface area contributed by atoms with Gasteiger partial charge >= 0.3 is 0 Å². The Kier molecular flexibility index (Phi) is 6.01. The maximum Gasteiger partial charge on any atom is 0.238 e. The third kappa shape index (κ3) is 5.14. The second-order valence-electron chi connectivity index (χ2n) is 3.44. The van der Waals surface area contributed by atoms with Crippen LogP contribution in [0.15, 0.2) is 36.9 Å². The molecule has 0 aliphatic heterocycles. The highest BCUT2D eigenvalue weighted by atomic mass is 16.5. The SMILES string of the molecule is C=CCNCC(=O)Nc1ccc(OCC#N)cc1. The Labute approximate surface area is 106 Å². The molecule has 0 atom stereocenters. The van der Waals surface area contributed by atoms with Crippen LogP contribution in [0.3, 0.4) is 0 Å². The summed E-state index contributed by atoms with van der Waals surface area (Å²) in [4.78, 5) is 11.5. The topological polar surface area (TPSA) is 74.2 Å². The number of carbonyl (C=O) groups is 1. The van der Waals surface area contributed by atoms with Gasteiger partial charge in [-0.3, -0.25) is 4.79 Å². The van der Waals surface area contributed by atoms with E-state index in [9.17, 15) is 4.79 Å². The molecule has 0 fully saturated rings. The number of nitriles is 1. The largest absolute Gasteiger partial charge is 0.479 e. The summed E-state index contributed by atoms with van der Waals surface area (Å²) in [6, 6.07) is 8.72. The quantitative estimate of drug-likeness (QED) is 0.561. The van der Waals surface area contributed by atoms with Gasteiger partial charge in [-0.2, -0.15) is 5.26 Å². The number of rotatable bonds is 7. The molecule has 1 aromatic rings. The minimum atomic E-state index is -0.123. The van der Waals surface area contributed by atoms with E-state index in [1.54, 1.807) is 30.3 Å². The van der Waals surface area contributed by atoms with Crippen LogP contribution in [0.2, 0.25) is 0 Å². The second kappa shape index (κ2) is 7.87. The number of ether oxygens (including phenoxy) is 1. The fourth-order valence-electron chi connectivity index (χ4n) is 1.24. The van der Waals surface area contributed by atoms with Crippen LogP contribution < -0.4 is 15.4 Å². The van der Waals surface area contributed by atoms with Gasteiger partial charge in [-0.05, 0) is 24.3 Å². The molecule has 0 bridgehead atoms. The lowest BCUT2D eigenvalue weighted by Crippen LogP contribution is -2.27. The van der Waals surface area contributed by atoms with E-state index in [0.29, 0.717) is 18.0 Å². The predicted molar refractivity (Wildman–Crippen MR) is 69.2 cm³/mol. The first-order chi connectivity index (χ1) is 8.76. The molecule has 0 spiro atoms. The fourth-order valence-corrected chi connectivity index (χ4v) is 1.24. The van der Waals surface area contributed by atoms with E-state index >= 15 is 0 Å².